The van der Waals surface area contributed by atoms with E-state index in [-0.39, 0.29) is 18.6 Å². The van der Waals surface area contributed by atoms with Crippen LogP contribution in [0, 0.1) is 18.8 Å². The summed E-state index contributed by atoms with van der Waals surface area (Å²) in [6, 6.07) is 7.25. The SMILES string of the molecule is Cc1cc(N2C[C@@]34C=C[C@@H](O3)[C@H](C(=O)NCc3ccc5c(c3)OCO5)[C@H]4C2=O)no1. The van der Waals surface area contributed by atoms with Gasteiger partial charge in [0.25, 0.3) is 0 Å². The second-order valence-corrected chi connectivity index (χ2v) is 8.03. The second kappa shape index (κ2) is 6.09. The van der Waals surface area contributed by atoms with Crippen LogP contribution in [0.4, 0.5) is 5.82 Å². The number of carbonyl (C=O) groups is 2. The molecule has 1 aromatic carbocycles. The molecule has 30 heavy (non-hydrogen) atoms. The van der Waals surface area contributed by atoms with Crippen LogP contribution in [-0.4, -0.2) is 42.0 Å². The molecule has 1 spiro atoms. The molecule has 5 heterocycles. The lowest BCUT2D eigenvalue weighted by molar-refractivity contribution is -0.132. The lowest BCUT2D eigenvalue weighted by Gasteiger charge is -2.23. The molecule has 2 bridgehead atoms. The summed E-state index contributed by atoms with van der Waals surface area (Å²) in [4.78, 5) is 27.9. The average molecular weight is 409 g/mol. The molecule has 4 atom stereocenters. The van der Waals surface area contributed by atoms with Gasteiger partial charge in [-0.2, -0.15) is 0 Å². The van der Waals surface area contributed by atoms with Crippen molar-refractivity contribution in [3.8, 4) is 11.5 Å². The van der Waals surface area contributed by atoms with E-state index in [1.54, 1.807) is 17.9 Å². The molecule has 4 aliphatic heterocycles. The van der Waals surface area contributed by atoms with Crippen LogP contribution in [0.15, 0.2) is 40.9 Å². The zero-order valence-corrected chi connectivity index (χ0v) is 16.2. The van der Waals surface area contributed by atoms with Crippen LogP contribution in [0.3, 0.4) is 0 Å². The van der Waals surface area contributed by atoms with E-state index in [9.17, 15) is 9.59 Å². The topological polar surface area (TPSA) is 103 Å². The van der Waals surface area contributed by atoms with Gasteiger partial charge >= 0.3 is 0 Å². The van der Waals surface area contributed by atoms with Crippen LogP contribution in [0.1, 0.15) is 11.3 Å². The first kappa shape index (κ1) is 17.5. The van der Waals surface area contributed by atoms with Gasteiger partial charge in [0.15, 0.2) is 17.3 Å². The Hall–Kier alpha value is -3.33. The Labute approximate surface area is 171 Å². The summed E-state index contributed by atoms with van der Waals surface area (Å²) in [5.41, 5.74) is 0.0920. The van der Waals surface area contributed by atoms with Gasteiger partial charge in [-0.05, 0) is 24.6 Å². The molecule has 0 saturated carbocycles. The molecule has 2 aromatic rings. The zero-order chi connectivity index (χ0) is 20.5. The van der Waals surface area contributed by atoms with E-state index < -0.39 is 23.5 Å². The molecule has 2 fully saturated rings. The van der Waals surface area contributed by atoms with Gasteiger partial charge in [-0.15, -0.1) is 0 Å². The Balaban J connectivity index is 1.21. The van der Waals surface area contributed by atoms with E-state index in [0.717, 1.165) is 5.56 Å². The fraction of sp³-hybridized carbons (Fsp3) is 0.381. The number of ether oxygens (including phenoxy) is 3. The highest BCUT2D eigenvalue weighted by atomic mass is 16.7. The smallest absolute Gasteiger partial charge is 0.235 e. The Morgan fingerprint density at radius 3 is 3.00 bits per heavy atom. The van der Waals surface area contributed by atoms with E-state index in [1.165, 1.54) is 0 Å². The van der Waals surface area contributed by atoms with E-state index in [1.807, 2.05) is 30.4 Å². The molecule has 6 rings (SSSR count). The molecule has 0 aliphatic carbocycles. The summed E-state index contributed by atoms with van der Waals surface area (Å²) in [5.74, 6) is 0.872. The van der Waals surface area contributed by atoms with Gasteiger partial charge in [-0.25, -0.2) is 0 Å². The molecule has 154 valence electrons. The third-order valence-corrected chi connectivity index (χ3v) is 6.20. The summed E-state index contributed by atoms with van der Waals surface area (Å²) in [6.07, 6.45) is 3.39. The fourth-order valence-corrected chi connectivity index (χ4v) is 4.83. The molecular weight excluding hydrogens is 390 g/mol. The summed E-state index contributed by atoms with van der Waals surface area (Å²) >= 11 is 0. The quantitative estimate of drug-likeness (QED) is 0.760. The number of hydrogen-bond donors (Lipinski definition) is 1. The number of amides is 2. The number of rotatable bonds is 4. The van der Waals surface area contributed by atoms with Gasteiger partial charge in [0, 0.05) is 12.6 Å². The first-order valence-corrected chi connectivity index (χ1v) is 9.82. The highest BCUT2D eigenvalue weighted by Crippen LogP contribution is 2.52. The third kappa shape index (κ3) is 2.41. The van der Waals surface area contributed by atoms with Gasteiger partial charge in [-0.3, -0.25) is 14.5 Å². The molecular formula is C21H19N3O6. The molecule has 9 nitrogen and oxygen atoms in total. The number of anilines is 1. The first-order valence-electron chi connectivity index (χ1n) is 9.82. The number of nitrogens with zero attached hydrogens (tertiary/aromatic N) is 2. The Morgan fingerprint density at radius 1 is 1.30 bits per heavy atom. The van der Waals surface area contributed by atoms with Gasteiger partial charge in [0.2, 0.25) is 18.6 Å². The molecule has 0 unspecified atom stereocenters. The maximum absolute atomic E-state index is 13.2. The minimum Gasteiger partial charge on any atom is -0.454 e. The van der Waals surface area contributed by atoms with E-state index in [4.69, 9.17) is 18.7 Å². The van der Waals surface area contributed by atoms with Crippen LogP contribution in [-0.2, 0) is 20.9 Å². The van der Waals surface area contributed by atoms with Gasteiger partial charge in [0.05, 0.1) is 24.5 Å². The molecule has 9 heteroatoms. The van der Waals surface area contributed by atoms with E-state index in [0.29, 0.717) is 36.2 Å². The van der Waals surface area contributed by atoms with Crippen molar-refractivity contribution in [1.29, 1.82) is 0 Å². The zero-order valence-electron chi connectivity index (χ0n) is 16.2. The van der Waals surface area contributed by atoms with E-state index >= 15 is 0 Å². The number of carbonyl (C=O) groups excluding carboxylic acids is 2. The van der Waals surface area contributed by atoms with Gasteiger partial charge in [0.1, 0.15) is 11.4 Å². The summed E-state index contributed by atoms with van der Waals surface area (Å²) < 4.78 is 21.9. The minimum atomic E-state index is -0.796. The van der Waals surface area contributed by atoms with Crippen molar-refractivity contribution in [3.05, 3.63) is 47.7 Å². The number of aryl methyl sites for hydroxylation is 1. The number of aromatic nitrogens is 1. The summed E-state index contributed by atoms with van der Waals surface area (Å²) in [5, 5.41) is 6.91. The lowest BCUT2D eigenvalue weighted by Crippen LogP contribution is -2.44. The average Bonchev–Trinajstić information content (AvgIpc) is 3.53. The van der Waals surface area contributed by atoms with Crippen molar-refractivity contribution in [2.45, 2.75) is 25.2 Å². The molecule has 2 amide bonds. The third-order valence-electron chi connectivity index (χ3n) is 6.20. The van der Waals surface area contributed by atoms with Crippen LogP contribution < -0.4 is 19.7 Å². The number of benzene rings is 1. The number of nitrogens with one attached hydrogen (secondary N) is 1. The van der Waals surface area contributed by atoms with Crippen molar-refractivity contribution in [2.24, 2.45) is 11.8 Å². The molecule has 0 radical (unpaired) electrons. The second-order valence-electron chi connectivity index (χ2n) is 8.03. The molecule has 4 aliphatic rings. The normalized spacial score (nSPS) is 30.2. The van der Waals surface area contributed by atoms with E-state index in [2.05, 4.69) is 10.5 Å². The maximum Gasteiger partial charge on any atom is 0.235 e. The Bertz CT molecular complexity index is 1090. The summed E-state index contributed by atoms with van der Waals surface area (Å²) in [7, 11) is 0. The van der Waals surface area contributed by atoms with Crippen molar-refractivity contribution < 1.29 is 28.3 Å². The van der Waals surface area contributed by atoms with Gasteiger partial charge < -0.3 is 24.1 Å². The number of fused-ring (bicyclic) bond motifs is 2. The van der Waals surface area contributed by atoms with Crippen molar-refractivity contribution >= 4 is 17.6 Å². The highest BCUT2D eigenvalue weighted by molar-refractivity contribution is 6.02. The van der Waals surface area contributed by atoms with Crippen molar-refractivity contribution in [3.63, 3.8) is 0 Å². The fourth-order valence-electron chi connectivity index (χ4n) is 4.83. The highest BCUT2D eigenvalue weighted by Gasteiger charge is 2.67. The van der Waals surface area contributed by atoms with Crippen molar-refractivity contribution in [2.75, 3.05) is 18.2 Å². The largest absolute Gasteiger partial charge is 0.454 e. The van der Waals surface area contributed by atoms with Crippen LogP contribution in [0.5, 0.6) is 11.5 Å². The standard InChI is InChI=1S/C21H19N3O6/c1-11-6-16(23-30-11)24-9-21-5-4-14(29-21)17(18(21)20(24)26)19(25)22-8-12-2-3-13-15(7-12)28-10-27-13/h2-7,14,17-18H,8-10H2,1H3,(H,22,25)/t14-,17+,18+,21-/m1/s1. The van der Waals surface area contributed by atoms with Crippen LogP contribution >= 0.6 is 0 Å². The molecule has 1 N–H and O–H groups in total. The Kier molecular flexibility index (Phi) is 3.55. The van der Waals surface area contributed by atoms with Crippen LogP contribution in [0.25, 0.3) is 0 Å². The monoisotopic (exact) mass is 409 g/mol. The summed E-state index contributed by atoms with van der Waals surface area (Å²) in [6.45, 7) is 2.61. The molecule has 2 saturated heterocycles. The number of hydrogen-bond acceptors (Lipinski definition) is 7. The minimum absolute atomic E-state index is 0.168. The maximum atomic E-state index is 13.2. The van der Waals surface area contributed by atoms with Crippen molar-refractivity contribution in [1.82, 2.24) is 10.5 Å². The first-order chi connectivity index (χ1) is 14.5. The predicted molar refractivity (Wildman–Crippen MR) is 102 cm³/mol. The lowest BCUT2D eigenvalue weighted by atomic mass is 9.77. The predicted octanol–water partition coefficient (Wildman–Crippen LogP) is 1.31. The Morgan fingerprint density at radius 2 is 2.17 bits per heavy atom. The van der Waals surface area contributed by atoms with Crippen LogP contribution in [0.2, 0.25) is 0 Å². The van der Waals surface area contributed by atoms with Gasteiger partial charge in [-0.1, -0.05) is 23.4 Å². The molecule has 1 aromatic heterocycles.